The molecule has 1 amide bonds. The van der Waals surface area contributed by atoms with E-state index < -0.39 is 5.82 Å². The van der Waals surface area contributed by atoms with E-state index in [0.29, 0.717) is 5.56 Å². The van der Waals surface area contributed by atoms with Crippen LogP contribution < -0.4 is 5.32 Å². The number of carbonyl (C=O) groups excluding carboxylic acids is 1. The Hall–Kier alpha value is -0.900. The first-order chi connectivity index (χ1) is 7.87. The number of benzene rings is 1. The summed E-state index contributed by atoms with van der Waals surface area (Å²) in [6.45, 7) is 5.48. The third-order valence-corrected chi connectivity index (χ3v) is 3.00. The Labute approximate surface area is 110 Å². The highest BCUT2D eigenvalue weighted by atomic mass is 79.9. The zero-order valence-corrected chi connectivity index (χ0v) is 11.9. The van der Waals surface area contributed by atoms with E-state index in [1.54, 1.807) is 19.1 Å². The lowest BCUT2D eigenvalue weighted by Crippen LogP contribution is -2.44. The zero-order chi connectivity index (χ0) is 13.1. The molecule has 0 saturated carbocycles. The third kappa shape index (κ3) is 3.80. The Balaban J connectivity index is 2.87. The topological polar surface area (TPSA) is 29.1 Å². The maximum Gasteiger partial charge on any atom is 0.254 e. The second kappa shape index (κ2) is 5.63. The van der Waals surface area contributed by atoms with Crippen molar-refractivity contribution in [3.05, 3.63) is 35.1 Å². The van der Waals surface area contributed by atoms with Crippen LogP contribution >= 0.6 is 15.9 Å². The molecule has 0 aromatic heterocycles. The van der Waals surface area contributed by atoms with E-state index in [0.717, 1.165) is 11.8 Å². The Morgan fingerprint density at radius 1 is 1.47 bits per heavy atom. The molecule has 0 unspecified atom stereocenters. The maximum absolute atomic E-state index is 13.7. The molecule has 0 bridgehead atoms. The van der Waals surface area contributed by atoms with E-state index in [-0.39, 0.29) is 17.0 Å². The molecule has 17 heavy (non-hydrogen) atoms. The second-order valence-corrected chi connectivity index (χ2v) is 5.51. The van der Waals surface area contributed by atoms with Crippen LogP contribution in [0.4, 0.5) is 4.39 Å². The summed E-state index contributed by atoms with van der Waals surface area (Å²) >= 11 is 3.33. The van der Waals surface area contributed by atoms with Gasteiger partial charge in [-0.25, -0.2) is 4.39 Å². The van der Waals surface area contributed by atoms with Crippen LogP contribution in [0.25, 0.3) is 0 Å². The van der Waals surface area contributed by atoms with Crippen LogP contribution in [0.15, 0.2) is 18.2 Å². The Morgan fingerprint density at radius 2 is 2.12 bits per heavy atom. The highest BCUT2D eigenvalue weighted by Crippen LogP contribution is 2.15. The number of rotatable bonds is 4. The van der Waals surface area contributed by atoms with Crippen molar-refractivity contribution in [2.45, 2.75) is 32.7 Å². The molecule has 0 aliphatic carbocycles. The maximum atomic E-state index is 13.7. The van der Waals surface area contributed by atoms with Gasteiger partial charge in [0.2, 0.25) is 0 Å². The van der Waals surface area contributed by atoms with Crippen LogP contribution in [0.2, 0.25) is 0 Å². The van der Waals surface area contributed by atoms with Gasteiger partial charge in [-0.2, -0.15) is 0 Å². The molecule has 0 aliphatic heterocycles. The fourth-order valence-corrected chi connectivity index (χ4v) is 2.49. The van der Waals surface area contributed by atoms with Crippen LogP contribution in [0, 0.1) is 12.7 Å². The van der Waals surface area contributed by atoms with Crippen molar-refractivity contribution in [1.29, 1.82) is 0 Å². The minimum absolute atomic E-state index is 0.104. The van der Waals surface area contributed by atoms with E-state index in [2.05, 4.69) is 21.2 Å². The highest BCUT2D eigenvalue weighted by Gasteiger charge is 2.22. The lowest BCUT2D eigenvalue weighted by atomic mass is 10.0. The van der Waals surface area contributed by atoms with E-state index in [4.69, 9.17) is 0 Å². The summed E-state index contributed by atoms with van der Waals surface area (Å²) in [5.41, 5.74) is 0.236. The Bertz CT molecular complexity index is 418. The number of aryl methyl sites for hydroxylation is 1. The molecule has 1 aromatic rings. The van der Waals surface area contributed by atoms with Crippen LogP contribution in [0.3, 0.4) is 0 Å². The normalized spacial score (nSPS) is 11.4. The minimum atomic E-state index is -0.445. The van der Waals surface area contributed by atoms with Gasteiger partial charge in [-0.3, -0.25) is 4.79 Å². The predicted molar refractivity (Wildman–Crippen MR) is 71.1 cm³/mol. The summed E-state index contributed by atoms with van der Waals surface area (Å²) in [4.78, 5) is 11.9. The molecule has 0 atom stereocenters. The molecule has 0 aliphatic rings. The molecule has 0 saturated heterocycles. The molecule has 1 N–H and O–H groups in total. The van der Waals surface area contributed by atoms with E-state index >= 15 is 0 Å². The van der Waals surface area contributed by atoms with Gasteiger partial charge in [-0.05, 0) is 38.8 Å². The standard InChI is InChI=1S/C13H17BrFNO/c1-9-5-4-6-10(11(9)15)12(17)16-13(2,3)7-8-14/h4-6H,7-8H2,1-3H3,(H,16,17). The molecule has 1 rings (SSSR count). The largest absolute Gasteiger partial charge is 0.347 e. The summed E-state index contributed by atoms with van der Waals surface area (Å²) in [6.07, 6.45) is 0.784. The number of hydrogen-bond donors (Lipinski definition) is 1. The molecule has 0 spiro atoms. The molecule has 0 radical (unpaired) electrons. The summed E-state index contributed by atoms with van der Waals surface area (Å²) in [5, 5.41) is 3.62. The van der Waals surface area contributed by atoms with Crippen molar-refractivity contribution in [3.63, 3.8) is 0 Å². The SMILES string of the molecule is Cc1cccc(C(=O)NC(C)(C)CCBr)c1F. The van der Waals surface area contributed by atoms with Gasteiger partial charge in [-0.15, -0.1) is 0 Å². The smallest absolute Gasteiger partial charge is 0.254 e. The molecular weight excluding hydrogens is 285 g/mol. The molecular formula is C13H17BrFNO. The number of halogens is 2. The minimum Gasteiger partial charge on any atom is -0.347 e. The number of alkyl halides is 1. The van der Waals surface area contributed by atoms with Crippen LogP contribution in [-0.2, 0) is 0 Å². The molecule has 0 fully saturated rings. The number of amides is 1. The summed E-state index contributed by atoms with van der Waals surface area (Å²) < 4.78 is 13.7. The van der Waals surface area contributed by atoms with Gasteiger partial charge in [0.05, 0.1) is 5.56 Å². The van der Waals surface area contributed by atoms with Gasteiger partial charge in [-0.1, -0.05) is 28.1 Å². The number of hydrogen-bond acceptors (Lipinski definition) is 1. The molecule has 1 aromatic carbocycles. The van der Waals surface area contributed by atoms with Gasteiger partial charge in [0.25, 0.3) is 5.91 Å². The van der Waals surface area contributed by atoms with Crippen molar-refractivity contribution >= 4 is 21.8 Å². The van der Waals surface area contributed by atoms with Crippen molar-refractivity contribution in [1.82, 2.24) is 5.32 Å². The van der Waals surface area contributed by atoms with Crippen LogP contribution in [0.5, 0.6) is 0 Å². The Kier molecular flexibility index (Phi) is 4.69. The summed E-state index contributed by atoms with van der Waals surface area (Å²) in [6, 6.07) is 4.84. The van der Waals surface area contributed by atoms with Crippen LogP contribution in [-0.4, -0.2) is 16.8 Å². The van der Waals surface area contributed by atoms with Gasteiger partial charge in [0.1, 0.15) is 5.82 Å². The molecule has 0 heterocycles. The zero-order valence-electron chi connectivity index (χ0n) is 10.3. The molecule has 2 nitrogen and oxygen atoms in total. The van der Waals surface area contributed by atoms with E-state index in [1.807, 2.05) is 13.8 Å². The third-order valence-electron chi connectivity index (χ3n) is 2.61. The summed E-state index contributed by atoms with van der Waals surface area (Å²) in [7, 11) is 0. The van der Waals surface area contributed by atoms with Crippen molar-refractivity contribution in [2.24, 2.45) is 0 Å². The van der Waals surface area contributed by atoms with Gasteiger partial charge in [0.15, 0.2) is 0 Å². The van der Waals surface area contributed by atoms with E-state index in [1.165, 1.54) is 6.07 Å². The Morgan fingerprint density at radius 3 is 2.71 bits per heavy atom. The number of carbonyl (C=O) groups is 1. The highest BCUT2D eigenvalue weighted by molar-refractivity contribution is 9.09. The van der Waals surface area contributed by atoms with Crippen molar-refractivity contribution < 1.29 is 9.18 Å². The second-order valence-electron chi connectivity index (χ2n) is 4.71. The first kappa shape index (κ1) is 14.2. The predicted octanol–water partition coefficient (Wildman–Crippen LogP) is 3.43. The van der Waals surface area contributed by atoms with Gasteiger partial charge in [0, 0.05) is 10.9 Å². The van der Waals surface area contributed by atoms with Gasteiger partial charge < -0.3 is 5.32 Å². The van der Waals surface area contributed by atoms with E-state index in [9.17, 15) is 9.18 Å². The number of nitrogens with one attached hydrogen (secondary N) is 1. The first-order valence-corrected chi connectivity index (χ1v) is 6.63. The molecule has 94 valence electrons. The van der Waals surface area contributed by atoms with Crippen molar-refractivity contribution in [3.8, 4) is 0 Å². The quantitative estimate of drug-likeness (QED) is 0.848. The lowest BCUT2D eigenvalue weighted by Gasteiger charge is -2.25. The van der Waals surface area contributed by atoms with Crippen LogP contribution in [0.1, 0.15) is 36.2 Å². The molecule has 4 heteroatoms. The fourth-order valence-electron chi connectivity index (χ4n) is 1.50. The van der Waals surface area contributed by atoms with Crippen molar-refractivity contribution in [2.75, 3.05) is 5.33 Å². The monoisotopic (exact) mass is 301 g/mol. The fraction of sp³-hybridized carbons (Fsp3) is 0.462. The summed E-state index contributed by atoms with van der Waals surface area (Å²) in [5.74, 6) is -0.809. The average Bonchev–Trinajstić information content (AvgIpc) is 2.21. The van der Waals surface area contributed by atoms with Gasteiger partial charge >= 0.3 is 0 Å². The first-order valence-electron chi connectivity index (χ1n) is 5.51. The lowest BCUT2D eigenvalue weighted by molar-refractivity contribution is 0.0907. The average molecular weight is 302 g/mol.